The molecule has 1 spiro atoms. The zero-order valence-corrected chi connectivity index (χ0v) is 18.0. The van der Waals surface area contributed by atoms with Crippen molar-refractivity contribution in [2.75, 3.05) is 0 Å². The molecule has 1 atom stereocenters. The van der Waals surface area contributed by atoms with Gasteiger partial charge in [-0.05, 0) is 49.4 Å². The highest BCUT2D eigenvalue weighted by molar-refractivity contribution is 6.09. The summed E-state index contributed by atoms with van der Waals surface area (Å²) in [5.41, 5.74) is 2.17. The number of pyridine rings is 1. The summed E-state index contributed by atoms with van der Waals surface area (Å²) in [4.78, 5) is 46.4. The summed E-state index contributed by atoms with van der Waals surface area (Å²) < 4.78 is 0. The van der Waals surface area contributed by atoms with E-state index < -0.39 is 17.6 Å². The molecule has 162 valence electrons. The summed E-state index contributed by atoms with van der Waals surface area (Å²) in [5, 5.41) is 2.87. The van der Waals surface area contributed by atoms with Gasteiger partial charge in [0, 0.05) is 25.5 Å². The van der Waals surface area contributed by atoms with Crippen molar-refractivity contribution in [2.24, 2.45) is 0 Å². The molecule has 7 heteroatoms. The van der Waals surface area contributed by atoms with Crippen LogP contribution in [-0.4, -0.2) is 44.2 Å². The van der Waals surface area contributed by atoms with Crippen molar-refractivity contribution in [1.82, 2.24) is 20.1 Å². The quantitative estimate of drug-likeness (QED) is 0.728. The highest BCUT2D eigenvalue weighted by Gasteiger charge is 2.54. The Morgan fingerprint density at radius 2 is 1.90 bits per heavy atom. The minimum Gasteiger partial charge on any atom is -0.332 e. The maximum Gasteiger partial charge on any atom is 0.325 e. The van der Waals surface area contributed by atoms with Gasteiger partial charge < -0.3 is 10.2 Å². The lowest BCUT2D eigenvalue weighted by atomic mass is 9.97. The average Bonchev–Trinajstić information content (AvgIpc) is 3.33. The number of rotatable bonds is 6. The highest BCUT2D eigenvalue weighted by atomic mass is 16.2. The molecule has 2 aromatic rings. The number of hydrogen-bond donors (Lipinski definition) is 1. The topological polar surface area (TPSA) is 82.6 Å². The third kappa shape index (κ3) is 4.04. The molecule has 7 nitrogen and oxygen atoms in total. The average molecular weight is 421 g/mol. The SMILES string of the molecule is Cc1ccccc1CN(Cc1cccnc1)C(=O)C(C)N1C(=O)NC2(CCCC2)C1=O. The van der Waals surface area contributed by atoms with Crippen LogP contribution in [0.25, 0.3) is 0 Å². The van der Waals surface area contributed by atoms with Crippen molar-refractivity contribution >= 4 is 17.8 Å². The van der Waals surface area contributed by atoms with Crippen LogP contribution in [0.4, 0.5) is 4.79 Å². The van der Waals surface area contributed by atoms with E-state index in [1.54, 1.807) is 24.2 Å². The van der Waals surface area contributed by atoms with Gasteiger partial charge in [-0.1, -0.05) is 43.2 Å². The Bertz CT molecular complexity index is 985. The maximum atomic E-state index is 13.6. The lowest BCUT2D eigenvalue weighted by Crippen LogP contribution is -2.50. The van der Waals surface area contributed by atoms with Gasteiger partial charge in [0.15, 0.2) is 0 Å². The molecule has 1 aliphatic carbocycles. The van der Waals surface area contributed by atoms with Crippen molar-refractivity contribution < 1.29 is 14.4 Å². The van der Waals surface area contributed by atoms with Crippen LogP contribution in [0.15, 0.2) is 48.8 Å². The minimum atomic E-state index is -0.881. The lowest BCUT2D eigenvalue weighted by Gasteiger charge is -2.30. The van der Waals surface area contributed by atoms with Crippen LogP contribution in [-0.2, 0) is 22.7 Å². The Labute approximate surface area is 182 Å². The number of nitrogens with zero attached hydrogens (tertiary/aromatic N) is 3. The molecule has 4 rings (SSSR count). The summed E-state index contributed by atoms with van der Waals surface area (Å²) in [6, 6.07) is 10.3. The first-order valence-electron chi connectivity index (χ1n) is 10.8. The van der Waals surface area contributed by atoms with Gasteiger partial charge in [0.05, 0.1) is 0 Å². The predicted molar refractivity (Wildman–Crippen MR) is 116 cm³/mol. The van der Waals surface area contributed by atoms with Gasteiger partial charge in [-0.25, -0.2) is 9.69 Å². The van der Waals surface area contributed by atoms with Crippen molar-refractivity contribution in [1.29, 1.82) is 0 Å². The normalized spacial score (nSPS) is 18.3. The van der Waals surface area contributed by atoms with E-state index in [1.807, 2.05) is 43.3 Å². The molecule has 2 fully saturated rings. The number of hydrogen-bond acceptors (Lipinski definition) is 4. The standard InChI is InChI=1S/C24H28N4O3/c1-17-8-3-4-10-20(17)16-27(15-19-9-7-13-25-14-19)21(29)18(2)28-22(30)24(26-23(28)31)11-5-6-12-24/h3-4,7-10,13-14,18H,5-6,11-12,15-16H2,1-2H3,(H,26,31). The fraction of sp³-hybridized carbons (Fsp3) is 0.417. The van der Waals surface area contributed by atoms with Gasteiger partial charge >= 0.3 is 6.03 Å². The molecule has 1 aromatic carbocycles. The number of aromatic nitrogens is 1. The van der Waals surface area contributed by atoms with E-state index in [9.17, 15) is 14.4 Å². The van der Waals surface area contributed by atoms with Gasteiger partial charge in [-0.15, -0.1) is 0 Å². The van der Waals surface area contributed by atoms with Gasteiger partial charge in [0.2, 0.25) is 5.91 Å². The predicted octanol–water partition coefficient (Wildman–Crippen LogP) is 3.17. The van der Waals surface area contributed by atoms with E-state index in [4.69, 9.17) is 0 Å². The zero-order valence-electron chi connectivity index (χ0n) is 18.0. The number of urea groups is 1. The van der Waals surface area contributed by atoms with Crippen molar-refractivity contribution in [2.45, 2.75) is 64.2 Å². The third-order valence-corrected chi connectivity index (χ3v) is 6.43. The van der Waals surface area contributed by atoms with E-state index in [0.717, 1.165) is 34.4 Å². The molecule has 0 bridgehead atoms. The molecule has 1 aromatic heterocycles. The summed E-state index contributed by atoms with van der Waals surface area (Å²) in [7, 11) is 0. The van der Waals surface area contributed by atoms with Crippen molar-refractivity contribution in [3.63, 3.8) is 0 Å². The summed E-state index contributed by atoms with van der Waals surface area (Å²) in [6.07, 6.45) is 6.50. The maximum absolute atomic E-state index is 13.6. The number of carbonyl (C=O) groups excluding carboxylic acids is 3. The zero-order chi connectivity index (χ0) is 22.0. The first-order chi connectivity index (χ1) is 14.9. The molecule has 1 N–H and O–H groups in total. The fourth-order valence-corrected chi connectivity index (χ4v) is 4.60. The largest absolute Gasteiger partial charge is 0.332 e. The van der Waals surface area contributed by atoms with Crippen LogP contribution in [0.2, 0.25) is 0 Å². The highest BCUT2D eigenvalue weighted by Crippen LogP contribution is 2.36. The van der Waals surface area contributed by atoms with Crippen LogP contribution in [0, 0.1) is 6.92 Å². The molecule has 31 heavy (non-hydrogen) atoms. The van der Waals surface area contributed by atoms with E-state index in [0.29, 0.717) is 25.9 Å². The Morgan fingerprint density at radius 3 is 2.58 bits per heavy atom. The number of nitrogens with one attached hydrogen (secondary N) is 1. The summed E-state index contributed by atoms with van der Waals surface area (Å²) in [5.74, 6) is -0.529. The molecule has 2 aliphatic rings. The number of amides is 4. The van der Waals surface area contributed by atoms with E-state index in [2.05, 4.69) is 10.3 Å². The Morgan fingerprint density at radius 1 is 1.16 bits per heavy atom. The second kappa shape index (κ2) is 8.49. The van der Waals surface area contributed by atoms with E-state index in [1.165, 1.54) is 0 Å². The Kier molecular flexibility index (Phi) is 5.76. The molecule has 1 saturated carbocycles. The van der Waals surface area contributed by atoms with E-state index >= 15 is 0 Å². The molecule has 1 aliphatic heterocycles. The van der Waals surface area contributed by atoms with Crippen LogP contribution >= 0.6 is 0 Å². The van der Waals surface area contributed by atoms with Crippen molar-refractivity contribution in [3.8, 4) is 0 Å². The first kappa shape index (κ1) is 21.0. The van der Waals surface area contributed by atoms with Gasteiger partial charge in [0.25, 0.3) is 5.91 Å². The van der Waals surface area contributed by atoms with Crippen LogP contribution < -0.4 is 5.32 Å². The van der Waals surface area contributed by atoms with Gasteiger partial charge in [-0.2, -0.15) is 0 Å². The number of carbonyl (C=O) groups is 3. The lowest BCUT2D eigenvalue weighted by molar-refractivity contribution is -0.143. The van der Waals surface area contributed by atoms with Gasteiger partial charge in [0.1, 0.15) is 11.6 Å². The van der Waals surface area contributed by atoms with Crippen molar-refractivity contribution in [3.05, 3.63) is 65.5 Å². The number of aryl methyl sites for hydroxylation is 1. The molecule has 1 saturated heterocycles. The monoisotopic (exact) mass is 420 g/mol. The molecule has 1 unspecified atom stereocenters. The third-order valence-electron chi connectivity index (χ3n) is 6.43. The molecular weight excluding hydrogens is 392 g/mol. The molecule has 0 radical (unpaired) electrons. The van der Waals surface area contributed by atoms with Crippen LogP contribution in [0.5, 0.6) is 0 Å². The Balaban J connectivity index is 1.59. The molecule has 2 heterocycles. The smallest absolute Gasteiger partial charge is 0.325 e. The minimum absolute atomic E-state index is 0.259. The van der Waals surface area contributed by atoms with Crippen LogP contribution in [0.1, 0.15) is 49.3 Å². The number of imide groups is 1. The summed E-state index contributed by atoms with van der Waals surface area (Å²) >= 11 is 0. The first-order valence-corrected chi connectivity index (χ1v) is 10.8. The molecule has 4 amide bonds. The fourth-order valence-electron chi connectivity index (χ4n) is 4.60. The van der Waals surface area contributed by atoms with E-state index in [-0.39, 0.29) is 11.8 Å². The second-order valence-electron chi connectivity index (χ2n) is 8.55. The van der Waals surface area contributed by atoms with Gasteiger partial charge in [-0.3, -0.25) is 14.6 Å². The molecular formula is C24H28N4O3. The number of benzene rings is 1. The van der Waals surface area contributed by atoms with Crippen LogP contribution in [0.3, 0.4) is 0 Å². The second-order valence-corrected chi connectivity index (χ2v) is 8.55. The summed E-state index contributed by atoms with van der Waals surface area (Å²) in [6.45, 7) is 4.38. The Hall–Kier alpha value is -3.22.